The van der Waals surface area contributed by atoms with Crippen LogP contribution in [0.25, 0.3) is 0 Å². The van der Waals surface area contributed by atoms with Crippen molar-refractivity contribution in [3.63, 3.8) is 0 Å². The molecule has 1 aliphatic heterocycles. The number of aliphatic carboxylic acids is 1. The first-order valence-corrected chi connectivity index (χ1v) is 4.90. The molecule has 0 bridgehead atoms. The molecule has 0 aromatic rings. The summed E-state index contributed by atoms with van der Waals surface area (Å²) in [5, 5.41) is 11.6. The second-order valence-electron chi connectivity index (χ2n) is 3.38. The van der Waals surface area contributed by atoms with E-state index in [-0.39, 0.29) is 24.7 Å². The number of carboxylic acid groups (broad SMARTS) is 1. The lowest BCUT2D eigenvalue weighted by Crippen LogP contribution is -2.46. The molecular weight excluding hydrogens is 220 g/mol. The van der Waals surface area contributed by atoms with Crippen LogP contribution in [0.2, 0.25) is 0 Å². The van der Waals surface area contributed by atoms with Gasteiger partial charge in [-0.15, -0.1) is 12.4 Å². The van der Waals surface area contributed by atoms with Gasteiger partial charge >= 0.3 is 5.97 Å². The molecule has 1 fully saturated rings. The first kappa shape index (κ1) is 14.2. The lowest BCUT2D eigenvalue weighted by molar-refractivity contribution is -0.137. The minimum absolute atomic E-state index is 0. The van der Waals surface area contributed by atoms with Crippen molar-refractivity contribution in [3.8, 4) is 0 Å². The van der Waals surface area contributed by atoms with Gasteiger partial charge in [0.1, 0.15) is 0 Å². The third-order valence-electron chi connectivity index (χ3n) is 2.25. The third kappa shape index (κ3) is 5.59. The molecule has 0 unspecified atom stereocenters. The van der Waals surface area contributed by atoms with Crippen LogP contribution in [0, 0.1) is 0 Å². The molecule has 0 aromatic carbocycles. The largest absolute Gasteiger partial charge is 0.481 e. The Morgan fingerprint density at radius 2 is 1.80 bits per heavy atom. The Morgan fingerprint density at radius 1 is 1.20 bits per heavy atom. The van der Waals surface area contributed by atoms with E-state index in [2.05, 4.69) is 5.32 Å². The van der Waals surface area contributed by atoms with E-state index in [0.29, 0.717) is 12.8 Å². The van der Waals surface area contributed by atoms with E-state index in [0.717, 1.165) is 26.2 Å². The number of hydrogen-bond donors (Lipinski definition) is 2. The van der Waals surface area contributed by atoms with Crippen molar-refractivity contribution in [2.24, 2.45) is 0 Å². The molecule has 1 amide bonds. The smallest absolute Gasteiger partial charge is 0.303 e. The van der Waals surface area contributed by atoms with E-state index >= 15 is 0 Å². The maximum Gasteiger partial charge on any atom is 0.303 e. The summed E-state index contributed by atoms with van der Waals surface area (Å²) in [6, 6.07) is 0. The number of hydrogen-bond acceptors (Lipinski definition) is 3. The van der Waals surface area contributed by atoms with Crippen LogP contribution in [0.15, 0.2) is 0 Å². The second-order valence-corrected chi connectivity index (χ2v) is 3.38. The van der Waals surface area contributed by atoms with Gasteiger partial charge in [0.2, 0.25) is 5.91 Å². The Labute approximate surface area is 95.2 Å². The van der Waals surface area contributed by atoms with Crippen molar-refractivity contribution in [2.45, 2.75) is 19.3 Å². The van der Waals surface area contributed by atoms with Crippen molar-refractivity contribution < 1.29 is 14.7 Å². The summed E-state index contributed by atoms with van der Waals surface area (Å²) in [5.41, 5.74) is 0. The molecule has 0 radical (unpaired) electrons. The Balaban J connectivity index is 0.00000196. The van der Waals surface area contributed by atoms with Gasteiger partial charge in [-0.25, -0.2) is 0 Å². The van der Waals surface area contributed by atoms with Crippen LogP contribution in [-0.2, 0) is 9.59 Å². The van der Waals surface area contributed by atoms with E-state index in [4.69, 9.17) is 5.11 Å². The molecule has 0 aromatic heterocycles. The lowest BCUT2D eigenvalue weighted by atomic mass is 10.2. The highest BCUT2D eigenvalue weighted by Crippen LogP contribution is 2.02. The number of piperazine rings is 1. The van der Waals surface area contributed by atoms with Crippen LogP contribution in [0.4, 0.5) is 0 Å². The summed E-state index contributed by atoms with van der Waals surface area (Å²) in [6.45, 7) is 3.16. The van der Waals surface area contributed by atoms with Gasteiger partial charge in [0.25, 0.3) is 0 Å². The Kier molecular flexibility index (Phi) is 7.07. The van der Waals surface area contributed by atoms with Crippen LogP contribution in [-0.4, -0.2) is 48.1 Å². The average Bonchev–Trinajstić information content (AvgIpc) is 2.18. The molecule has 2 N–H and O–H groups in total. The molecule has 0 aliphatic carbocycles. The lowest BCUT2D eigenvalue weighted by Gasteiger charge is -2.27. The minimum atomic E-state index is -0.835. The molecule has 5 nitrogen and oxygen atoms in total. The molecule has 1 saturated heterocycles. The zero-order valence-electron chi connectivity index (χ0n) is 8.57. The number of carbonyl (C=O) groups excluding carboxylic acids is 1. The van der Waals surface area contributed by atoms with E-state index in [1.54, 1.807) is 4.90 Å². The van der Waals surface area contributed by atoms with E-state index in [1.165, 1.54) is 0 Å². The molecule has 1 aliphatic rings. The number of carboxylic acids is 1. The zero-order valence-corrected chi connectivity index (χ0v) is 9.39. The highest BCUT2D eigenvalue weighted by molar-refractivity contribution is 5.85. The summed E-state index contributed by atoms with van der Waals surface area (Å²) < 4.78 is 0. The fourth-order valence-corrected chi connectivity index (χ4v) is 1.46. The van der Waals surface area contributed by atoms with Crippen molar-refractivity contribution in [1.82, 2.24) is 10.2 Å². The summed E-state index contributed by atoms with van der Waals surface area (Å²) in [5.74, 6) is -0.758. The number of rotatable bonds is 4. The third-order valence-corrected chi connectivity index (χ3v) is 2.25. The van der Waals surface area contributed by atoms with E-state index in [9.17, 15) is 9.59 Å². The number of amides is 1. The van der Waals surface area contributed by atoms with Gasteiger partial charge in [-0.2, -0.15) is 0 Å². The van der Waals surface area contributed by atoms with Crippen molar-refractivity contribution >= 4 is 24.3 Å². The molecule has 1 rings (SSSR count). The van der Waals surface area contributed by atoms with Crippen molar-refractivity contribution in [3.05, 3.63) is 0 Å². The predicted molar refractivity (Wildman–Crippen MR) is 58.2 cm³/mol. The van der Waals surface area contributed by atoms with Crippen molar-refractivity contribution in [2.75, 3.05) is 26.2 Å². The van der Waals surface area contributed by atoms with E-state index < -0.39 is 5.97 Å². The van der Waals surface area contributed by atoms with Crippen LogP contribution in [0.5, 0.6) is 0 Å². The molecule has 15 heavy (non-hydrogen) atoms. The fourth-order valence-electron chi connectivity index (χ4n) is 1.46. The summed E-state index contributed by atoms with van der Waals surface area (Å²) in [7, 11) is 0. The fraction of sp³-hybridized carbons (Fsp3) is 0.778. The second kappa shape index (κ2) is 7.48. The summed E-state index contributed by atoms with van der Waals surface area (Å²) in [6.07, 6.45) is 0.877. The number of nitrogens with one attached hydrogen (secondary N) is 1. The highest BCUT2D eigenvalue weighted by Gasteiger charge is 2.15. The van der Waals surface area contributed by atoms with Crippen LogP contribution < -0.4 is 5.32 Å². The predicted octanol–water partition coefficient (Wildman–Crippen LogP) is 0.0949. The van der Waals surface area contributed by atoms with Crippen LogP contribution in [0.3, 0.4) is 0 Å². The quantitative estimate of drug-likeness (QED) is 0.726. The Morgan fingerprint density at radius 3 is 2.33 bits per heavy atom. The van der Waals surface area contributed by atoms with Gasteiger partial charge in [-0.1, -0.05) is 0 Å². The van der Waals surface area contributed by atoms with Crippen LogP contribution >= 0.6 is 12.4 Å². The van der Waals surface area contributed by atoms with Gasteiger partial charge in [0.05, 0.1) is 0 Å². The average molecular weight is 237 g/mol. The first-order valence-electron chi connectivity index (χ1n) is 4.90. The molecule has 1 heterocycles. The molecule has 0 saturated carbocycles. The van der Waals surface area contributed by atoms with Gasteiger partial charge in [-0.05, 0) is 6.42 Å². The van der Waals surface area contributed by atoms with Gasteiger partial charge in [0.15, 0.2) is 0 Å². The highest BCUT2D eigenvalue weighted by atomic mass is 35.5. The molecular formula is C9H17ClN2O3. The molecule has 0 spiro atoms. The minimum Gasteiger partial charge on any atom is -0.481 e. The summed E-state index contributed by atoms with van der Waals surface area (Å²) >= 11 is 0. The van der Waals surface area contributed by atoms with Crippen LogP contribution in [0.1, 0.15) is 19.3 Å². The van der Waals surface area contributed by atoms with E-state index in [1.807, 2.05) is 0 Å². The maximum absolute atomic E-state index is 11.5. The van der Waals surface area contributed by atoms with Gasteiger partial charge in [-0.3, -0.25) is 9.59 Å². The maximum atomic E-state index is 11.5. The standard InChI is InChI=1S/C9H16N2O3.ClH/c12-8(2-1-3-9(13)14)11-6-4-10-5-7-11;/h10H,1-7H2,(H,13,14);1H. The number of halogens is 1. The Bertz CT molecular complexity index is 217. The monoisotopic (exact) mass is 236 g/mol. The Hall–Kier alpha value is -0.810. The molecule has 6 heteroatoms. The normalized spacial score (nSPS) is 15.6. The topological polar surface area (TPSA) is 69.6 Å². The van der Waals surface area contributed by atoms with Gasteiger partial charge in [0, 0.05) is 39.0 Å². The van der Waals surface area contributed by atoms with Gasteiger partial charge < -0.3 is 15.3 Å². The SMILES string of the molecule is Cl.O=C(O)CCCC(=O)N1CCNCC1. The number of carbonyl (C=O) groups is 2. The summed E-state index contributed by atoms with van der Waals surface area (Å²) in [4.78, 5) is 23.5. The van der Waals surface area contributed by atoms with Crippen molar-refractivity contribution in [1.29, 1.82) is 0 Å². The molecule has 0 atom stereocenters. The zero-order chi connectivity index (χ0) is 10.4. The molecule has 88 valence electrons. The number of nitrogens with zero attached hydrogens (tertiary/aromatic N) is 1. The first-order chi connectivity index (χ1) is 6.70.